The van der Waals surface area contributed by atoms with Crippen molar-refractivity contribution in [2.24, 2.45) is 0 Å². The average molecular weight is 315 g/mol. The summed E-state index contributed by atoms with van der Waals surface area (Å²) in [5, 5.41) is 4.21. The van der Waals surface area contributed by atoms with Crippen molar-refractivity contribution in [3.05, 3.63) is 0 Å². The predicted molar refractivity (Wildman–Crippen MR) is 84.8 cm³/mol. The van der Waals surface area contributed by atoms with Crippen LogP contribution in [0.15, 0.2) is 0 Å². The fourth-order valence-electron chi connectivity index (χ4n) is 4.05. The van der Waals surface area contributed by atoms with E-state index < -0.39 is 16.6 Å². The molecule has 2 saturated carbocycles. The van der Waals surface area contributed by atoms with Crippen molar-refractivity contribution < 1.29 is 13.7 Å². The van der Waals surface area contributed by atoms with E-state index in [1.165, 1.54) is 12.8 Å². The van der Waals surface area contributed by atoms with E-state index in [2.05, 4.69) is 12.2 Å². The van der Waals surface area contributed by atoms with Crippen LogP contribution in [-0.4, -0.2) is 46.3 Å². The molecule has 2 aliphatic carbocycles. The van der Waals surface area contributed by atoms with E-state index in [4.69, 9.17) is 9.47 Å². The van der Waals surface area contributed by atoms with E-state index in [1.807, 2.05) is 0 Å². The highest BCUT2D eigenvalue weighted by Gasteiger charge is 2.48. The van der Waals surface area contributed by atoms with Crippen molar-refractivity contribution >= 4 is 10.8 Å². The van der Waals surface area contributed by atoms with Crippen LogP contribution >= 0.6 is 0 Å². The van der Waals surface area contributed by atoms with Gasteiger partial charge in [-0.2, -0.15) is 0 Å². The first-order chi connectivity index (χ1) is 10.2. The molecule has 0 bridgehead atoms. The molecule has 0 aromatic rings. The van der Waals surface area contributed by atoms with Crippen LogP contribution in [0.5, 0.6) is 0 Å². The van der Waals surface area contributed by atoms with Crippen molar-refractivity contribution in [1.29, 1.82) is 0 Å². The molecule has 1 saturated heterocycles. The summed E-state index contributed by atoms with van der Waals surface area (Å²) in [6, 6.07) is 0.366. The van der Waals surface area contributed by atoms with Crippen LogP contribution in [0.4, 0.5) is 0 Å². The van der Waals surface area contributed by atoms with Crippen molar-refractivity contribution in [3.8, 4) is 0 Å². The fraction of sp³-hybridized carbons (Fsp3) is 1.00. The Morgan fingerprint density at radius 2 is 1.90 bits per heavy atom. The molecule has 21 heavy (non-hydrogen) atoms. The van der Waals surface area contributed by atoms with E-state index >= 15 is 0 Å². The van der Waals surface area contributed by atoms with Gasteiger partial charge in [0.1, 0.15) is 0 Å². The minimum Gasteiger partial charge on any atom is -0.347 e. The first-order valence-electron chi connectivity index (χ1n) is 8.65. The molecule has 0 aromatic carbocycles. The van der Waals surface area contributed by atoms with E-state index in [9.17, 15) is 4.21 Å². The molecule has 5 heteroatoms. The molecule has 122 valence electrons. The van der Waals surface area contributed by atoms with Gasteiger partial charge in [-0.05, 0) is 32.2 Å². The Morgan fingerprint density at radius 1 is 1.19 bits per heavy atom. The van der Waals surface area contributed by atoms with Crippen molar-refractivity contribution in [2.45, 2.75) is 80.6 Å². The first kappa shape index (κ1) is 15.9. The summed E-state index contributed by atoms with van der Waals surface area (Å²) in [5.41, 5.74) is 0. The van der Waals surface area contributed by atoms with Crippen LogP contribution in [0.25, 0.3) is 0 Å². The zero-order chi connectivity index (χ0) is 14.7. The van der Waals surface area contributed by atoms with Crippen molar-refractivity contribution in [3.63, 3.8) is 0 Å². The zero-order valence-corrected chi connectivity index (χ0v) is 14.0. The normalized spacial score (nSPS) is 34.5. The second-order valence-electron chi connectivity index (χ2n) is 6.68. The minimum atomic E-state index is -0.760. The van der Waals surface area contributed by atoms with Gasteiger partial charge in [-0.3, -0.25) is 4.21 Å². The summed E-state index contributed by atoms with van der Waals surface area (Å²) >= 11 is 0. The second-order valence-corrected chi connectivity index (χ2v) is 8.61. The lowest BCUT2D eigenvalue weighted by Crippen LogP contribution is -2.53. The predicted octanol–water partition coefficient (Wildman–Crippen LogP) is 2.34. The summed E-state index contributed by atoms with van der Waals surface area (Å²) in [6.45, 7) is 4.58. The summed E-state index contributed by atoms with van der Waals surface area (Å²) in [4.78, 5) is 0. The van der Waals surface area contributed by atoms with E-state index in [-0.39, 0.29) is 5.25 Å². The Balaban J connectivity index is 1.70. The van der Waals surface area contributed by atoms with E-state index in [0.29, 0.717) is 24.5 Å². The lowest BCUT2D eigenvalue weighted by Gasteiger charge is -2.41. The van der Waals surface area contributed by atoms with Crippen LogP contribution in [0, 0.1) is 0 Å². The molecule has 3 rings (SSSR count). The van der Waals surface area contributed by atoms with Gasteiger partial charge in [0.2, 0.25) is 0 Å². The Labute approximate surface area is 130 Å². The Hall–Kier alpha value is 0.0300. The van der Waals surface area contributed by atoms with Gasteiger partial charge >= 0.3 is 0 Å². The third-order valence-electron chi connectivity index (χ3n) is 5.20. The molecule has 3 atom stereocenters. The Bertz CT molecular complexity index is 365. The van der Waals surface area contributed by atoms with Gasteiger partial charge in [0.05, 0.1) is 18.5 Å². The molecule has 0 amide bonds. The summed E-state index contributed by atoms with van der Waals surface area (Å²) in [6.07, 6.45) is 8.64. The number of rotatable bonds is 5. The third kappa shape index (κ3) is 3.52. The smallest absolute Gasteiger partial charge is 0.169 e. The first-order valence-corrected chi connectivity index (χ1v) is 9.92. The molecule has 4 nitrogen and oxygen atoms in total. The molecule has 1 aliphatic heterocycles. The van der Waals surface area contributed by atoms with E-state index in [1.54, 1.807) is 0 Å². The molecule has 3 fully saturated rings. The highest BCUT2D eigenvalue weighted by atomic mass is 32.2. The van der Waals surface area contributed by atoms with Gasteiger partial charge in [-0.25, -0.2) is 0 Å². The third-order valence-corrected chi connectivity index (χ3v) is 7.42. The molecular weight excluding hydrogens is 286 g/mol. The number of ether oxygens (including phenoxy) is 2. The summed E-state index contributed by atoms with van der Waals surface area (Å²) in [7, 11) is -0.760. The van der Waals surface area contributed by atoms with Gasteiger partial charge in [0.15, 0.2) is 5.79 Å². The van der Waals surface area contributed by atoms with Crippen molar-refractivity contribution in [2.75, 3.05) is 19.8 Å². The quantitative estimate of drug-likeness (QED) is 0.846. The second kappa shape index (κ2) is 7.07. The van der Waals surface area contributed by atoms with Gasteiger partial charge < -0.3 is 14.8 Å². The van der Waals surface area contributed by atoms with Gasteiger partial charge in [0, 0.05) is 34.9 Å². The Kier molecular flexibility index (Phi) is 5.36. The molecule has 0 radical (unpaired) electrons. The summed E-state index contributed by atoms with van der Waals surface area (Å²) in [5.74, 6) is -0.427. The molecule has 0 aromatic heterocycles. The molecular formula is C16H29NO3S. The fourth-order valence-corrected chi connectivity index (χ4v) is 6.31. The largest absolute Gasteiger partial charge is 0.347 e. The lowest BCUT2D eigenvalue weighted by molar-refractivity contribution is -0.178. The maximum absolute atomic E-state index is 13.1. The molecule has 3 aliphatic rings. The molecule has 1 N–H and O–H groups in total. The number of nitrogens with one attached hydrogen (secondary N) is 1. The molecule has 3 unspecified atom stereocenters. The van der Waals surface area contributed by atoms with Crippen LogP contribution in [0.2, 0.25) is 0 Å². The SMILES string of the molecule is CCCNC1CCC2(CC1S(=O)C1CCCC1)OCCO2. The topological polar surface area (TPSA) is 47.6 Å². The number of hydrogen-bond donors (Lipinski definition) is 1. The number of hydrogen-bond acceptors (Lipinski definition) is 4. The molecule has 1 spiro atoms. The van der Waals surface area contributed by atoms with Crippen LogP contribution < -0.4 is 5.32 Å². The minimum absolute atomic E-state index is 0.187. The standard InChI is InChI=1S/C16H29NO3S/c1-2-9-17-14-7-8-16(19-10-11-20-16)12-15(14)21(18)13-5-3-4-6-13/h13-15,17H,2-12H2,1H3. The lowest BCUT2D eigenvalue weighted by atomic mass is 9.89. The van der Waals surface area contributed by atoms with Gasteiger partial charge in [-0.15, -0.1) is 0 Å². The average Bonchev–Trinajstić information content (AvgIpc) is 3.17. The highest BCUT2D eigenvalue weighted by Crippen LogP contribution is 2.40. The van der Waals surface area contributed by atoms with Crippen LogP contribution in [-0.2, 0) is 20.3 Å². The van der Waals surface area contributed by atoms with Crippen LogP contribution in [0.3, 0.4) is 0 Å². The van der Waals surface area contributed by atoms with Crippen LogP contribution in [0.1, 0.15) is 58.3 Å². The summed E-state index contributed by atoms with van der Waals surface area (Å²) < 4.78 is 24.9. The highest BCUT2D eigenvalue weighted by molar-refractivity contribution is 7.86. The Morgan fingerprint density at radius 3 is 2.57 bits per heavy atom. The zero-order valence-electron chi connectivity index (χ0n) is 13.1. The van der Waals surface area contributed by atoms with Gasteiger partial charge in [-0.1, -0.05) is 19.8 Å². The molecule has 1 heterocycles. The van der Waals surface area contributed by atoms with E-state index in [0.717, 1.165) is 45.1 Å². The van der Waals surface area contributed by atoms with Crippen molar-refractivity contribution in [1.82, 2.24) is 5.32 Å². The maximum atomic E-state index is 13.1. The monoisotopic (exact) mass is 315 g/mol. The maximum Gasteiger partial charge on any atom is 0.169 e. The van der Waals surface area contributed by atoms with Gasteiger partial charge in [0.25, 0.3) is 0 Å².